The number of benzene rings is 6. The molecule has 4 nitrogen and oxygen atoms in total. The van der Waals surface area contributed by atoms with Crippen molar-refractivity contribution in [2.45, 2.75) is 37.5 Å². The normalized spacial score (nSPS) is 14.1. The van der Waals surface area contributed by atoms with Gasteiger partial charge >= 0.3 is 0 Å². The molecule has 6 aromatic carbocycles. The van der Waals surface area contributed by atoms with Crippen LogP contribution < -0.4 is 0 Å². The fourth-order valence-electron chi connectivity index (χ4n) is 8.18. The lowest BCUT2D eigenvalue weighted by Crippen LogP contribution is -2.28. The molecule has 2 aliphatic rings. The Kier molecular flexibility index (Phi) is 7.40. The molecule has 2 aliphatic carbocycles. The van der Waals surface area contributed by atoms with Crippen LogP contribution in [0.2, 0.25) is 0 Å². The summed E-state index contributed by atoms with van der Waals surface area (Å²) in [5.41, 5.74) is 13.3. The summed E-state index contributed by atoms with van der Waals surface area (Å²) in [6, 6.07) is 53.0. The topological polar surface area (TPSA) is 62.5 Å². The first-order chi connectivity index (χ1) is 24.7. The maximum Gasteiger partial charge on any atom is 0.164 e. The van der Waals surface area contributed by atoms with E-state index in [9.17, 15) is 5.26 Å². The van der Waals surface area contributed by atoms with Gasteiger partial charge in [-0.3, -0.25) is 0 Å². The van der Waals surface area contributed by atoms with Crippen molar-refractivity contribution >= 4 is 0 Å². The van der Waals surface area contributed by atoms with Crippen LogP contribution in [0.4, 0.5) is 0 Å². The van der Waals surface area contributed by atoms with Crippen molar-refractivity contribution < 1.29 is 0 Å². The molecule has 1 saturated carbocycles. The zero-order valence-corrected chi connectivity index (χ0v) is 27.7. The first-order valence-corrected chi connectivity index (χ1v) is 17.5. The van der Waals surface area contributed by atoms with Gasteiger partial charge in [-0.25, -0.2) is 15.0 Å². The second-order valence-corrected chi connectivity index (χ2v) is 13.4. The summed E-state index contributed by atoms with van der Waals surface area (Å²) in [5, 5.41) is 9.79. The number of hydrogen-bond acceptors (Lipinski definition) is 4. The summed E-state index contributed by atoms with van der Waals surface area (Å²) in [6.45, 7) is 0. The highest BCUT2D eigenvalue weighted by Gasteiger charge is 2.44. The van der Waals surface area contributed by atoms with Gasteiger partial charge in [-0.15, -0.1) is 0 Å². The second kappa shape index (κ2) is 12.4. The van der Waals surface area contributed by atoms with Crippen molar-refractivity contribution in [1.82, 2.24) is 15.0 Å². The van der Waals surface area contributed by atoms with Crippen LogP contribution in [0, 0.1) is 11.3 Å². The van der Waals surface area contributed by atoms with Gasteiger partial charge < -0.3 is 0 Å². The lowest BCUT2D eigenvalue weighted by Gasteiger charge is -2.36. The molecule has 0 atom stereocenters. The number of nitriles is 1. The Balaban J connectivity index is 1.20. The number of hydrogen-bond donors (Lipinski definition) is 0. The molecule has 0 unspecified atom stereocenters. The van der Waals surface area contributed by atoms with Gasteiger partial charge in [-0.05, 0) is 81.6 Å². The van der Waals surface area contributed by atoms with Gasteiger partial charge in [0.15, 0.2) is 17.5 Å². The van der Waals surface area contributed by atoms with Crippen LogP contribution in [0.25, 0.3) is 67.5 Å². The highest BCUT2D eigenvalue weighted by Crippen LogP contribution is 2.56. The fraction of sp³-hybridized carbons (Fsp3) is 0.130. The molecule has 0 aliphatic heterocycles. The van der Waals surface area contributed by atoms with E-state index >= 15 is 0 Å². The van der Waals surface area contributed by atoms with Gasteiger partial charge in [-0.2, -0.15) is 5.26 Å². The summed E-state index contributed by atoms with van der Waals surface area (Å²) in [6.07, 6.45) is 5.93. The van der Waals surface area contributed by atoms with E-state index < -0.39 is 0 Å². The summed E-state index contributed by atoms with van der Waals surface area (Å²) in [4.78, 5) is 15.3. The molecule has 0 bridgehead atoms. The average Bonchev–Trinajstić information content (AvgIpc) is 3.45. The van der Waals surface area contributed by atoms with E-state index in [2.05, 4.69) is 109 Å². The second-order valence-electron chi connectivity index (χ2n) is 13.4. The van der Waals surface area contributed by atoms with Crippen molar-refractivity contribution in [3.63, 3.8) is 0 Å². The fourth-order valence-corrected chi connectivity index (χ4v) is 8.18. The first kappa shape index (κ1) is 29.9. The van der Waals surface area contributed by atoms with E-state index in [1.54, 1.807) is 0 Å². The Morgan fingerprint density at radius 3 is 1.82 bits per heavy atom. The molecule has 4 heteroatoms. The summed E-state index contributed by atoms with van der Waals surface area (Å²) in [5.74, 6) is 1.91. The molecule has 9 rings (SSSR count). The molecule has 1 spiro atoms. The van der Waals surface area contributed by atoms with Crippen LogP contribution >= 0.6 is 0 Å². The van der Waals surface area contributed by atoms with Crippen molar-refractivity contribution in [3.8, 4) is 73.6 Å². The predicted octanol–water partition coefficient (Wildman–Crippen LogP) is 11.3. The molecule has 7 aromatic rings. The molecule has 50 heavy (non-hydrogen) atoms. The van der Waals surface area contributed by atoms with Crippen LogP contribution in [0.3, 0.4) is 0 Å². The highest BCUT2D eigenvalue weighted by atomic mass is 15.0. The Bertz CT molecular complexity index is 2420. The molecule has 238 valence electrons. The van der Waals surface area contributed by atoms with E-state index in [0.29, 0.717) is 17.5 Å². The molecule has 1 heterocycles. The molecule has 1 aromatic heterocycles. The van der Waals surface area contributed by atoms with Crippen molar-refractivity contribution in [1.29, 1.82) is 5.26 Å². The molecular formula is C46H34N4. The monoisotopic (exact) mass is 642 g/mol. The third-order valence-electron chi connectivity index (χ3n) is 10.6. The van der Waals surface area contributed by atoms with Gasteiger partial charge in [0, 0.05) is 22.1 Å². The van der Waals surface area contributed by atoms with Crippen LogP contribution in [-0.4, -0.2) is 15.0 Å². The lowest BCUT2D eigenvalue weighted by molar-refractivity contribution is 0.353. The molecule has 0 saturated heterocycles. The largest absolute Gasteiger partial charge is 0.208 e. The standard InChI is InChI=1S/C46H34N4/c47-30-31-21-23-38-40-29-35(22-24-41(40)46(42(38)27-31)25-10-3-11-26-46)37-19-8-9-20-39(37)45-49-43(33-15-6-2-7-16-33)48-44(50-45)36-18-12-17-34(28-36)32-13-4-1-5-14-32/h1-2,4-9,12-24,27-29H,3,10-11,25-26H2. The minimum absolute atomic E-state index is 0.0180. The minimum atomic E-state index is -0.0180. The Morgan fingerprint density at radius 2 is 1.06 bits per heavy atom. The maximum absolute atomic E-state index is 9.79. The smallest absolute Gasteiger partial charge is 0.164 e. The zero-order valence-electron chi connectivity index (χ0n) is 27.7. The Labute approximate surface area is 292 Å². The Morgan fingerprint density at radius 1 is 0.420 bits per heavy atom. The number of aromatic nitrogens is 3. The summed E-state index contributed by atoms with van der Waals surface area (Å²) >= 11 is 0. The third kappa shape index (κ3) is 5.11. The van der Waals surface area contributed by atoms with Crippen molar-refractivity contribution in [3.05, 3.63) is 162 Å². The van der Waals surface area contributed by atoms with E-state index in [-0.39, 0.29) is 5.41 Å². The Hall–Kier alpha value is -6.18. The van der Waals surface area contributed by atoms with Crippen LogP contribution in [-0.2, 0) is 5.41 Å². The third-order valence-corrected chi connectivity index (χ3v) is 10.6. The predicted molar refractivity (Wildman–Crippen MR) is 201 cm³/mol. The molecule has 0 N–H and O–H groups in total. The summed E-state index contributed by atoms with van der Waals surface area (Å²) < 4.78 is 0. The van der Waals surface area contributed by atoms with E-state index in [1.807, 2.05) is 42.5 Å². The number of rotatable bonds is 5. The minimum Gasteiger partial charge on any atom is -0.208 e. The van der Waals surface area contributed by atoms with Crippen LogP contribution in [0.1, 0.15) is 48.8 Å². The SMILES string of the molecule is N#Cc1ccc2c(c1)C1(CCCCC1)c1ccc(-c3ccccc3-c3nc(-c4ccccc4)nc(-c4cccc(-c5ccccc5)c4)n3)cc1-2. The highest BCUT2D eigenvalue weighted by molar-refractivity contribution is 5.89. The maximum atomic E-state index is 9.79. The van der Waals surface area contributed by atoms with Gasteiger partial charge in [0.2, 0.25) is 0 Å². The van der Waals surface area contributed by atoms with Crippen molar-refractivity contribution in [2.24, 2.45) is 0 Å². The average molecular weight is 643 g/mol. The first-order valence-electron chi connectivity index (χ1n) is 17.5. The van der Waals surface area contributed by atoms with Gasteiger partial charge in [0.05, 0.1) is 11.6 Å². The lowest BCUT2D eigenvalue weighted by atomic mass is 9.67. The molecular weight excluding hydrogens is 609 g/mol. The zero-order chi connectivity index (χ0) is 33.5. The molecule has 0 amide bonds. The van der Waals surface area contributed by atoms with Crippen LogP contribution in [0.5, 0.6) is 0 Å². The van der Waals surface area contributed by atoms with E-state index in [4.69, 9.17) is 15.0 Å². The number of nitrogens with zero attached hydrogens (tertiary/aromatic N) is 4. The molecule has 0 radical (unpaired) electrons. The van der Waals surface area contributed by atoms with Crippen molar-refractivity contribution in [2.75, 3.05) is 0 Å². The van der Waals surface area contributed by atoms with E-state index in [1.165, 1.54) is 41.5 Å². The molecule has 1 fully saturated rings. The summed E-state index contributed by atoms with van der Waals surface area (Å²) in [7, 11) is 0. The number of fused-ring (bicyclic) bond motifs is 5. The van der Waals surface area contributed by atoms with Gasteiger partial charge in [0.25, 0.3) is 0 Å². The van der Waals surface area contributed by atoms with Crippen LogP contribution in [0.15, 0.2) is 146 Å². The van der Waals surface area contributed by atoms with Gasteiger partial charge in [0.1, 0.15) is 0 Å². The quantitative estimate of drug-likeness (QED) is 0.187. The van der Waals surface area contributed by atoms with Gasteiger partial charge in [-0.1, -0.05) is 141 Å². The van der Waals surface area contributed by atoms with E-state index in [0.717, 1.165) is 57.3 Å².